The second kappa shape index (κ2) is 15.5. The molecule has 4 aliphatic heterocycles. The minimum absolute atomic E-state index is 0.0717. The van der Waals surface area contributed by atoms with Crippen LogP contribution in [-0.2, 0) is 0 Å². The molecular weight excluding hydrogens is 809 g/mol. The third-order valence-corrected chi connectivity index (χ3v) is 11.9. The Balaban J connectivity index is 0.000000158. The molecule has 316 valence electrons. The first kappa shape index (κ1) is 41.1. The molecule has 0 radical (unpaired) electrons. The van der Waals surface area contributed by atoms with Gasteiger partial charge < -0.3 is 29.6 Å². The van der Waals surface area contributed by atoms with Gasteiger partial charge in [0.15, 0.2) is 18.0 Å². The molecule has 10 heteroatoms. The maximum atomic E-state index is 14.3. The molecular formula is C52H46ClF3N2O4. The van der Waals surface area contributed by atoms with Gasteiger partial charge in [0.25, 0.3) is 0 Å². The van der Waals surface area contributed by atoms with Gasteiger partial charge in [0, 0.05) is 45.8 Å². The van der Waals surface area contributed by atoms with E-state index in [4.69, 9.17) is 30.5 Å². The smallest absolute Gasteiger partial charge is 0.387 e. The molecule has 0 fully saturated rings. The fraction of sp³-hybridized carbons (Fsp3) is 0.231. The van der Waals surface area contributed by atoms with Crippen LogP contribution in [0.15, 0.2) is 121 Å². The van der Waals surface area contributed by atoms with Gasteiger partial charge in [0.2, 0.25) is 0 Å². The van der Waals surface area contributed by atoms with Crippen LogP contribution in [0.5, 0.6) is 23.0 Å². The van der Waals surface area contributed by atoms with Crippen LogP contribution in [0, 0.1) is 5.82 Å². The monoisotopic (exact) mass is 854 g/mol. The van der Waals surface area contributed by atoms with Crippen molar-refractivity contribution in [1.29, 1.82) is 0 Å². The maximum absolute atomic E-state index is 14.3. The highest BCUT2D eigenvalue weighted by atomic mass is 35.5. The number of hydrogen-bond acceptors (Lipinski definition) is 6. The minimum atomic E-state index is -3.00. The lowest BCUT2D eigenvalue weighted by atomic mass is 9.80. The zero-order chi connectivity index (χ0) is 43.7. The summed E-state index contributed by atoms with van der Waals surface area (Å²) < 4.78 is 64.1. The fourth-order valence-corrected chi connectivity index (χ4v) is 9.74. The van der Waals surface area contributed by atoms with Gasteiger partial charge in [-0.05, 0) is 99.2 Å². The Kier molecular flexibility index (Phi) is 10.3. The number of hydrogen-bond donors (Lipinski definition) is 2. The number of alkyl halides is 2. The second-order valence-corrected chi connectivity index (χ2v) is 17.6. The van der Waals surface area contributed by atoms with Crippen molar-refractivity contribution in [2.45, 2.75) is 71.4 Å². The normalized spacial score (nSPS) is 18.1. The van der Waals surface area contributed by atoms with Crippen LogP contribution in [-0.4, -0.2) is 24.8 Å². The molecule has 0 aromatic heterocycles. The van der Waals surface area contributed by atoms with Gasteiger partial charge in [-0.1, -0.05) is 96.5 Å². The highest BCUT2D eigenvalue weighted by Crippen LogP contribution is 2.56. The van der Waals surface area contributed by atoms with Gasteiger partial charge in [-0.2, -0.15) is 8.78 Å². The summed E-state index contributed by atoms with van der Waals surface area (Å²) in [4.78, 5) is 0. The number of halogens is 4. The Labute approximate surface area is 365 Å². The zero-order valence-electron chi connectivity index (χ0n) is 35.4. The average molecular weight is 855 g/mol. The lowest BCUT2D eigenvalue weighted by Crippen LogP contribution is -2.32. The summed E-state index contributed by atoms with van der Waals surface area (Å²) in [6.07, 6.45) is 3.65. The van der Waals surface area contributed by atoms with Gasteiger partial charge in [-0.3, -0.25) is 0 Å². The van der Waals surface area contributed by atoms with Crippen LogP contribution in [0.2, 0.25) is 5.02 Å². The molecule has 0 saturated heterocycles. The van der Waals surface area contributed by atoms with Crippen LogP contribution in [0.3, 0.4) is 0 Å². The first-order valence-corrected chi connectivity index (χ1v) is 20.9. The Morgan fingerprint density at radius 1 is 0.629 bits per heavy atom. The molecule has 0 aliphatic carbocycles. The van der Waals surface area contributed by atoms with E-state index in [0.29, 0.717) is 22.8 Å². The predicted molar refractivity (Wildman–Crippen MR) is 242 cm³/mol. The number of allylic oxidation sites excluding steroid dienone is 2. The summed E-state index contributed by atoms with van der Waals surface area (Å²) in [6, 6.07) is 34.2. The molecule has 0 bridgehead atoms. The first-order valence-electron chi connectivity index (χ1n) is 20.5. The van der Waals surface area contributed by atoms with Crippen molar-refractivity contribution in [3.8, 4) is 45.3 Å². The van der Waals surface area contributed by atoms with Crippen LogP contribution < -0.4 is 29.6 Å². The number of methoxy groups -OCH3 is 1. The maximum Gasteiger partial charge on any atom is 0.387 e. The molecule has 10 rings (SSSR count). The van der Waals surface area contributed by atoms with E-state index in [9.17, 15) is 13.2 Å². The molecule has 0 saturated carbocycles. The summed E-state index contributed by atoms with van der Waals surface area (Å²) in [5.41, 5.74) is 13.1. The largest absolute Gasteiger partial charge is 0.496 e. The molecule has 6 nitrogen and oxygen atoms in total. The number of rotatable bonds is 5. The van der Waals surface area contributed by atoms with E-state index in [-0.39, 0.29) is 33.8 Å². The molecule has 0 spiro atoms. The van der Waals surface area contributed by atoms with Gasteiger partial charge >= 0.3 is 6.61 Å². The zero-order valence-corrected chi connectivity index (χ0v) is 36.2. The predicted octanol–water partition coefficient (Wildman–Crippen LogP) is 14.3. The van der Waals surface area contributed by atoms with Crippen molar-refractivity contribution >= 4 is 34.1 Å². The number of nitrogens with one attached hydrogen (secondary N) is 2. The molecule has 6 aromatic rings. The number of fused-ring (bicyclic) bond motifs is 10. The highest BCUT2D eigenvalue weighted by molar-refractivity contribution is 6.32. The summed E-state index contributed by atoms with van der Waals surface area (Å²) in [5, 5.41) is 7.30. The van der Waals surface area contributed by atoms with Crippen molar-refractivity contribution in [2.24, 2.45) is 0 Å². The standard InChI is InChI=1S/C26H22ClF2NO2.C26H24FNO2/c1-14-13-26(2,3)30-18-11-9-16-21-19(12-10-17(27)24(21)32-25(28)29)31-23(22(16)20(14)18)15-7-5-4-6-8-15;1-15-14-26(2,3)28-19-11-10-18-23-20(29-4)12-17(27)13-21(23)30-25(24(18)22(15)19)16-8-6-5-7-9-16/h4-13,23,25,30H,1-3H3;5-14,25,28H,1-4H3. The average Bonchev–Trinajstić information content (AvgIpc) is 3.22. The van der Waals surface area contributed by atoms with Gasteiger partial charge in [-0.15, -0.1) is 0 Å². The van der Waals surface area contributed by atoms with E-state index < -0.39 is 12.7 Å². The summed E-state index contributed by atoms with van der Waals surface area (Å²) in [5.74, 6) is 0.982. The topological polar surface area (TPSA) is 61.0 Å². The van der Waals surface area contributed by atoms with E-state index >= 15 is 0 Å². The van der Waals surface area contributed by atoms with Crippen LogP contribution >= 0.6 is 11.6 Å². The van der Waals surface area contributed by atoms with Crippen molar-refractivity contribution in [3.05, 3.63) is 166 Å². The molecule has 0 amide bonds. The second-order valence-electron chi connectivity index (χ2n) is 17.2. The van der Waals surface area contributed by atoms with E-state index in [1.807, 2.05) is 60.7 Å². The van der Waals surface area contributed by atoms with Gasteiger partial charge in [0.05, 0.1) is 34.3 Å². The lowest BCUT2D eigenvalue weighted by molar-refractivity contribution is -0.0495. The van der Waals surface area contributed by atoms with Crippen molar-refractivity contribution in [2.75, 3.05) is 17.7 Å². The lowest BCUT2D eigenvalue weighted by Gasteiger charge is -2.37. The Morgan fingerprint density at radius 3 is 1.63 bits per heavy atom. The van der Waals surface area contributed by atoms with Crippen LogP contribution in [0.25, 0.3) is 33.4 Å². The van der Waals surface area contributed by atoms with Gasteiger partial charge in [-0.25, -0.2) is 4.39 Å². The molecule has 62 heavy (non-hydrogen) atoms. The third-order valence-electron chi connectivity index (χ3n) is 11.6. The Bertz CT molecular complexity index is 2800. The van der Waals surface area contributed by atoms with E-state index in [0.717, 1.165) is 67.0 Å². The van der Waals surface area contributed by atoms with E-state index in [1.54, 1.807) is 13.2 Å². The Hall–Kier alpha value is -6.32. The molecule has 6 aromatic carbocycles. The minimum Gasteiger partial charge on any atom is -0.496 e. The number of ether oxygens (including phenoxy) is 4. The summed E-state index contributed by atoms with van der Waals surface area (Å²) in [6.45, 7) is 9.73. The van der Waals surface area contributed by atoms with Crippen molar-refractivity contribution in [3.63, 3.8) is 0 Å². The third kappa shape index (κ3) is 7.32. The van der Waals surface area contributed by atoms with Crippen LogP contribution in [0.1, 0.15) is 87.1 Å². The van der Waals surface area contributed by atoms with E-state index in [1.165, 1.54) is 23.8 Å². The van der Waals surface area contributed by atoms with Crippen molar-refractivity contribution in [1.82, 2.24) is 0 Å². The molecule has 4 aliphatic rings. The first-order chi connectivity index (χ1) is 29.6. The molecule has 2 N–H and O–H groups in total. The fourth-order valence-electron chi connectivity index (χ4n) is 9.54. The van der Waals surface area contributed by atoms with E-state index in [2.05, 4.69) is 88.6 Å². The number of anilines is 2. The van der Waals surface area contributed by atoms with Crippen LogP contribution in [0.4, 0.5) is 24.5 Å². The highest BCUT2D eigenvalue weighted by Gasteiger charge is 2.38. The molecule has 2 atom stereocenters. The summed E-state index contributed by atoms with van der Waals surface area (Å²) in [7, 11) is 1.56. The molecule has 4 heterocycles. The Morgan fingerprint density at radius 2 is 1.13 bits per heavy atom. The van der Waals surface area contributed by atoms with Gasteiger partial charge in [0.1, 0.15) is 23.1 Å². The molecule has 2 unspecified atom stereocenters. The number of benzene rings is 6. The SMILES string of the molecule is CC1=CC(C)(C)Nc2ccc3c(c21)C(c1ccccc1)Oc1ccc(Cl)c(OC(F)F)c1-3.COc1cc(F)cc2c1-c1ccc3c(c1C(c1ccccc1)O2)C(C)=CC(C)(C)N3. The quantitative estimate of drug-likeness (QED) is 0.180. The summed E-state index contributed by atoms with van der Waals surface area (Å²) >= 11 is 6.30. The van der Waals surface area contributed by atoms with Crippen molar-refractivity contribution < 1.29 is 32.1 Å².